The second kappa shape index (κ2) is 8.64. The van der Waals surface area contributed by atoms with Gasteiger partial charge < -0.3 is 10.6 Å². The van der Waals surface area contributed by atoms with E-state index >= 15 is 0 Å². The van der Waals surface area contributed by atoms with E-state index in [4.69, 9.17) is 10.7 Å². The number of hydrogen-bond donors (Lipinski definition) is 1. The van der Waals surface area contributed by atoms with E-state index in [2.05, 4.69) is 92.6 Å². The molecule has 7 nitrogen and oxygen atoms in total. The maximum atomic E-state index is 6.80. The minimum absolute atomic E-state index is 0.336. The van der Waals surface area contributed by atoms with Gasteiger partial charge in [0.1, 0.15) is 5.65 Å². The molecule has 5 heterocycles. The first-order valence-electron chi connectivity index (χ1n) is 13.1. The number of piperazine rings is 1. The molecule has 2 aliphatic heterocycles. The molecular formula is C30H31N7. The molecule has 3 atom stereocenters. The molecule has 2 fully saturated rings. The van der Waals surface area contributed by atoms with Gasteiger partial charge >= 0.3 is 0 Å². The van der Waals surface area contributed by atoms with Crippen LogP contribution in [0.15, 0.2) is 79.3 Å². The second-order valence-electron chi connectivity index (χ2n) is 10.6. The zero-order chi connectivity index (χ0) is 25.1. The molecule has 5 aromatic rings. The molecule has 2 aromatic carbocycles. The van der Waals surface area contributed by atoms with Crippen LogP contribution >= 0.6 is 0 Å². The van der Waals surface area contributed by atoms with Crippen LogP contribution in [0.2, 0.25) is 0 Å². The Bertz CT molecular complexity index is 1600. The maximum absolute atomic E-state index is 6.80. The lowest BCUT2D eigenvalue weighted by Crippen LogP contribution is -2.49. The molecule has 186 valence electrons. The molecule has 7 rings (SSSR count). The second-order valence-corrected chi connectivity index (χ2v) is 10.6. The fourth-order valence-electron chi connectivity index (χ4n) is 6.29. The number of pyridine rings is 1. The van der Waals surface area contributed by atoms with Crippen LogP contribution in [-0.4, -0.2) is 55.5 Å². The minimum atomic E-state index is -0.336. The molecule has 37 heavy (non-hydrogen) atoms. The molecule has 0 amide bonds. The SMILES string of the molecule is CC(C)N1C[C@@H]2C[C@H]1CN2c1nc(-c2ccnc(C(N)c3cccc4ccccc34)c2)cc2nccn12. The molecule has 2 N–H and O–H groups in total. The lowest BCUT2D eigenvalue weighted by Gasteiger charge is -2.37. The van der Waals surface area contributed by atoms with Gasteiger partial charge in [-0.2, -0.15) is 0 Å². The summed E-state index contributed by atoms with van der Waals surface area (Å²) in [7, 11) is 0. The topological polar surface area (TPSA) is 75.6 Å². The number of anilines is 1. The lowest BCUT2D eigenvalue weighted by atomic mass is 9.96. The monoisotopic (exact) mass is 489 g/mol. The summed E-state index contributed by atoms with van der Waals surface area (Å²) >= 11 is 0. The zero-order valence-corrected chi connectivity index (χ0v) is 21.2. The molecule has 2 bridgehead atoms. The average molecular weight is 490 g/mol. The summed E-state index contributed by atoms with van der Waals surface area (Å²) in [5, 5.41) is 2.34. The third kappa shape index (κ3) is 3.69. The number of fused-ring (bicyclic) bond motifs is 4. The van der Waals surface area contributed by atoms with Crippen LogP contribution in [-0.2, 0) is 0 Å². The van der Waals surface area contributed by atoms with Gasteiger partial charge in [0.2, 0.25) is 5.95 Å². The summed E-state index contributed by atoms with van der Waals surface area (Å²) in [5.74, 6) is 0.970. The van der Waals surface area contributed by atoms with Crippen LogP contribution in [0.1, 0.15) is 37.6 Å². The van der Waals surface area contributed by atoms with Crippen LogP contribution in [0.5, 0.6) is 0 Å². The van der Waals surface area contributed by atoms with Crippen molar-refractivity contribution in [1.82, 2.24) is 24.3 Å². The molecule has 7 heteroatoms. The van der Waals surface area contributed by atoms with Gasteiger partial charge in [-0.25, -0.2) is 9.97 Å². The zero-order valence-electron chi connectivity index (χ0n) is 21.2. The van der Waals surface area contributed by atoms with E-state index in [1.54, 1.807) is 0 Å². The van der Waals surface area contributed by atoms with Gasteiger partial charge in [0.05, 0.1) is 17.4 Å². The van der Waals surface area contributed by atoms with Crippen molar-refractivity contribution in [2.75, 3.05) is 18.0 Å². The highest BCUT2D eigenvalue weighted by atomic mass is 15.4. The van der Waals surface area contributed by atoms with E-state index in [-0.39, 0.29) is 6.04 Å². The Morgan fingerprint density at radius 3 is 2.62 bits per heavy atom. The van der Waals surface area contributed by atoms with Crippen molar-refractivity contribution in [3.63, 3.8) is 0 Å². The van der Waals surface area contributed by atoms with Crippen molar-refractivity contribution < 1.29 is 0 Å². The van der Waals surface area contributed by atoms with E-state index in [0.29, 0.717) is 18.1 Å². The fraction of sp³-hybridized carbons (Fsp3) is 0.300. The fourth-order valence-corrected chi connectivity index (χ4v) is 6.29. The number of hydrogen-bond acceptors (Lipinski definition) is 6. The third-order valence-electron chi connectivity index (χ3n) is 8.13. The van der Waals surface area contributed by atoms with Gasteiger partial charge in [-0.15, -0.1) is 0 Å². The number of nitrogens with two attached hydrogens (primary N) is 1. The normalized spacial score (nSPS) is 20.5. The Hall–Kier alpha value is -3.81. The molecule has 0 saturated carbocycles. The summed E-state index contributed by atoms with van der Waals surface area (Å²) in [6.07, 6.45) is 6.90. The standard InChI is InChI=1S/C30H31N7/c1-19(2)36-17-23-15-22(36)18-37(23)30-34-26(16-28-33-12-13-35(28)30)21-10-11-32-27(14-21)29(31)25-9-5-7-20-6-3-4-8-24(20)25/h3-14,16,19,22-23,29H,15,17-18,31H2,1-2H3/t22-,23-,29?/m0/s1. The number of nitrogens with zero attached hydrogens (tertiary/aromatic N) is 6. The van der Waals surface area contributed by atoms with Crippen LogP contribution < -0.4 is 10.6 Å². The van der Waals surface area contributed by atoms with Crippen LogP contribution in [0.25, 0.3) is 27.7 Å². The molecule has 2 aliphatic rings. The largest absolute Gasteiger partial charge is 0.336 e. The van der Waals surface area contributed by atoms with Gasteiger partial charge in [0.15, 0.2) is 0 Å². The Labute approximate surface area is 216 Å². The van der Waals surface area contributed by atoms with Crippen molar-refractivity contribution in [2.45, 2.75) is 44.4 Å². The molecular weight excluding hydrogens is 458 g/mol. The van der Waals surface area contributed by atoms with E-state index < -0.39 is 0 Å². The van der Waals surface area contributed by atoms with E-state index in [0.717, 1.165) is 52.6 Å². The average Bonchev–Trinajstić information content (AvgIpc) is 3.68. The maximum Gasteiger partial charge on any atom is 0.212 e. The molecule has 2 saturated heterocycles. The molecule has 0 spiro atoms. The summed E-state index contributed by atoms with van der Waals surface area (Å²) in [4.78, 5) is 19.6. The quantitative estimate of drug-likeness (QED) is 0.387. The summed E-state index contributed by atoms with van der Waals surface area (Å²) in [6.45, 7) is 6.67. The Kier molecular flexibility index (Phi) is 5.23. The van der Waals surface area contributed by atoms with Crippen molar-refractivity contribution in [3.8, 4) is 11.3 Å². The Morgan fingerprint density at radius 1 is 0.919 bits per heavy atom. The number of benzene rings is 2. The number of rotatable bonds is 5. The van der Waals surface area contributed by atoms with E-state index in [1.807, 2.05) is 24.7 Å². The van der Waals surface area contributed by atoms with Crippen LogP contribution in [0.4, 0.5) is 5.95 Å². The first-order valence-corrected chi connectivity index (χ1v) is 13.1. The molecule has 1 unspecified atom stereocenters. The summed E-state index contributed by atoms with van der Waals surface area (Å²) < 4.78 is 2.12. The molecule has 3 aromatic heterocycles. The first kappa shape index (κ1) is 22.4. The lowest BCUT2D eigenvalue weighted by molar-refractivity contribution is 0.190. The van der Waals surface area contributed by atoms with Crippen molar-refractivity contribution in [3.05, 3.63) is 90.5 Å². The highest BCUT2D eigenvalue weighted by Gasteiger charge is 2.45. The summed E-state index contributed by atoms with van der Waals surface area (Å²) in [6, 6.07) is 22.1. The predicted octanol–water partition coefficient (Wildman–Crippen LogP) is 4.66. The summed E-state index contributed by atoms with van der Waals surface area (Å²) in [5.41, 5.74) is 11.5. The van der Waals surface area contributed by atoms with Crippen molar-refractivity contribution in [1.29, 1.82) is 0 Å². The Morgan fingerprint density at radius 2 is 1.78 bits per heavy atom. The minimum Gasteiger partial charge on any atom is -0.336 e. The Balaban J connectivity index is 1.26. The van der Waals surface area contributed by atoms with Crippen molar-refractivity contribution >= 4 is 22.4 Å². The van der Waals surface area contributed by atoms with Gasteiger partial charge in [-0.3, -0.25) is 14.3 Å². The highest BCUT2D eigenvalue weighted by Crippen LogP contribution is 2.36. The van der Waals surface area contributed by atoms with E-state index in [1.165, 1.54) is 11.8 Å². The van der Waals surface area contributed by atoms with Crippen molar-refractivity contribution in [2.24, 2.45) is 5.73 Å². The number of likely N-dealkylation sites (tertiary alicyclic amines) is 1. The molecule has 0 radical (unpaired) electrons. The van der Waals surface area contributed by atoms with Crippen LogP contribution in [0.3, 0.4) is 0 Å². The smallest absolute Gasteiger partial charge is 0.212 e. The van der Waals surface area contributed by atoms with Gasteiger partial charge in [-0.1, -0.05) is 42.5 Å². The number of imidazole rings is 1. The third-order valence-corrected chi connectivity index (χ3v) is 8.13. The van der Waals surface area contributed by atoms with Gasteiger partial charge in [0.25, 0.3) is 0 Å². The van der Waals surface area contributed by atoms with E-state index in [9.17, 15) is 0 Å². The van der Waals surface area contributed by atoms with Gasteiger partial charge in [-0.05, 0) is 48.7 Å². The van der Waals surface area contributed by atoms with Gasteiger partial charge in [0, 0.05) is 61.4 Å². The predicted molar refractivity (Wildman–Crippen MR) is 148 cm³/mol. The van der Waals surface area contributed by atoms with Crippen LogP contribution in [0, 0.1) is 0 Å². The number of aromatic nitrogens is 4. The first-order chi connectivity index (χ1) is 18.1. The molecule has 0 aliphatic carbocycles. The highest BCUT2D eigenvalue weighted by molar-refractivity contribution is 5.86.